The molecule has 1 rings (SSSR count). The highest BCUT2D eigenvalue weighted by atomic mass is 79.9. The molecule has 0 fully saturated rings. The van der Waals surface area contributed by atoms with Crippen LogP contribution < -0.4 is 4.74 Å². The zero-order chi connectivity index (χ0) is 13.9. The third-order valence-electron chi connectivity index (χ3n) is 1.85. The molecule has 0 aliphatic rings. The molecule has 0 saturated carbocycles. The number of carbonyl (C=O) groups is 1. The molecule has 0 aromatic heterocycles. The van der Waals surface area contributed by atoms with E-state index in [0.29, 0.717) is 0 Å². The number of benzene rings is 1. The predicted molar refractivity (Wildman–Crippen MR) is 56.9 cm³/mol. The molecule has 0 heterocycles. The third kappa shape index (κ3) is 3.92. The van der Waals surface area contributed by atoms with Gasteiger partial charge in [-0.05, 0) is 12.1 Å². The maximum atomic E-state index is 12.2. The van der Waals surface area contributed by atoms with Crippen molar-refractivity contribution in [1.29, 1.82) is 5.26 Å². The van der Waals surface area contributed by atoms with E-state index in [1.807, 2.05) is 0 Å². The normalized spacial score (nSPS) is 10.8. The van der Waals surface area contributed by atoms with Crippen molar-refractivity contribution in [2.45, 2.75) is 12.8 Å². The summed E-state index contributed by atoms with van der Waals surface area (Å²) in [6, 6.07) is 3.82. The van der Waals surface area contributed by atoms with E-state index in [4.69, 9.17) is 10.4 Å². The van der Waals surface area contributed by atoms with Gasteiger partial charge in [-0.1, -0.05) is 15.9 Å². The number of hydrogen-bond donors (Lipinski definition) is 1. The molecular weight excluding hydrogens is 319 g/mol. The Morgan fingerprint density at radius 3 is 2.56 bits per heavy atom. The Morgan fingerprint density at radius 2 is 2.11 bits per heavy atom. The van der Waals surface area contributed by atoms with Crippen LogP contribution in [0.25, 0.3) is 0 Å². The number of carboxylic acids is 1. The van der Waals surface area contributed by atoms with Gasteiger partial charge < -0.3 is 9.84 Å². The van der Waals surface area contributed by atoms with E-state index in [9.17, 15) is 18.0 Å². The Bertz CT molecular complexity index is 522. The molecule has 0 unspecified atom stereocenters. The van der Waals surface area contributed by atoms with E-state index in [1.165, 1.54) is 6.07 Å². The molecule has 1 aromatic rings. The topological polar surface area (TPSA) is 70.3 Å². The van der Waals surface area contributed by atoms with Crippen molar-refractivity contribution in [2.75, 3.05) is 0 Å². The number of nitrogens with zero attached hydrogens (tertiary/aromatic N) is 1. The molecule has 4 nitrogen and oxygen atoms in total. The van der Waals surface area contributed by atoms with Gasteiger partial charge in [-0.25, -0.2) is 0 Å². The van der Waals surface area contributed by atoms with Gasteiger partial charge >= 0.3 is 12.3 Å². The molecule has 1 N–H and O–H groups in total. The molecule has 96 valence electrons. The highest BCUT2D eigenvalue weighted by Gasteiger charge is 2.33. The lowest BCUT2D eigenvalue weighted by Crippen LogP contribution is -2.19. The van der Waals surface area contributed by atoms with Gasteiger partial charge in [-0.3, -0.25) is 4.79 Å². The number of nitriles is 1. The summed E-state index contributed by atoms with van der Waals surface area (Å²) in [5.74, 6) is -2.06. The minimum Gasteiger partial charge on any atom is -0.481 e. The van der Waals surface area contributed by atoms with E-state index in [1.54, 1.807) is 6.07 Å². The fourth-order valence-corrected chi connectivity index (χ4v) is 1.70. The Balaban J connectivity index is 3.33. The first-order chi connectivity index (χ1) is 8.23. The Labute approximate surface area is 108 Å². The first-order valence-corrected chi connectivity index (χ1v) is 5.22. The van der Waals surface area contributed by atoms with Crippen LogP contribution in [-0.2, 0) is 11.2 Å². The molecule has 18 heavy (non-hydrogen) atoms. The molecule has 8 heteroatoms. The van der Waals surface area contributed by atoms with Gasteiger partial charge in [-0.2, -0.15) is 5.26 Å². The molecule has 0 radical (unpaired) electrons. The highest BCUT2D eigenvalue weighted by molar-refractivity contribution is 9.10. The van der Waals surface area contributed by atoms with Crippen molar-refractivity contribution in [1.82, 2.24) is 0 Å². The zero-order valence-electron chi connectivity index (χ0n) is 8.58. The molecule has 0 saturated heterocycles. The number of alkyl halides is 3. The maximum absolute atomic E-state index is 12.2. The Hall–Kier alpha value is -1.75. The van der Waals surface area contributed by atoms with Gasteiger partial charge in [0, 0.05) is 10.0 Å². The van der Waals surface area contributed by atoms with Crippen LogP contribution >= 0.6 is 15.9 Å². The SMILES string of the molecule is N#Cc1cc(Br)cc(OC(F)(F)F)c1CC(=O)O. The monoisotopic (exact) mass is 323 g/mol. The fraction of sp³-hybridized carbons (Fsp3) is 0.200. The summed E-state index contributed by atoms with van der Waals surface area (Å²) < 4.78 is 40.4. The number of halogens is 4. The molecule has 0 aliphatic heterocycles. The van der Waals surface area contributed by atoms with E-state index in [-0.39, 0.29) is 15.6 Å². The standard InChI is InChI=1S/C10H5BrF3NO3/c11-6-1-5(4-15)7(3-9(16)17)8(2-6)18-10(12,13)14/h1-2H,3H2,(H,16,17). The van der Waals surface area contributed by atoms with E-state index < -0.39 is 24.5 Å². The van der Waals surface area contributed by atoms with Crippen LogP contribution in [0.4, 0.5) is 13.2 Å². The lowest BCUT2D eigenvalue weighted by atomic mass is 10.0. The minimum absolute atomic E-state index is 0.187. The summed E-state index contributed by atoms with van der Waals surface area (Å²) >= 11 is 2.92. The van der Waals surface area contributed by atoms with Crippen molar-refractivity contribution in [2.24, 2.45) is 0 Å². The average Bonchev–Trinajstić information content (AvgIpc) is 2.18. The number of ether oxygens (including phenoxy) is 1. The summed E-state index contributed by atoms with van der Waals surface area (Å²) in [6.07, 6.45) is -5.69. The van der Waals surface area contributed by atoms with Crippen LogP contribution in [0.1, 0.15) is 11.1 Å². The highest BCUT2D eigenvalue weighted by Crippen LogP contribution is 2.32. The van der Waals surface area contributed by atoms with Crippen LogP contribution in [0, 0.1) is 11.3 Å². The first kappa shape index (κ1) is 14.3. The van der Waals surface area contributed by atoms with Gasteiger partial charge in [-0.15, -0.1) is 13.2 Å². The largest absolute Gasteiger partial charge is 0.573 e. The Morgan fingerprint density at radius 1 is 1.50 bits per heavy atom. The van der Waals surface area contributed by atoms with E-state index in [2.05, 4.69) is 20.7 Å². The molecule has 0 bridgehead atoms. The van der Waals surface area contributed by atoms with Crippen molar-refractivity contribution in [3.8, 4) is 11.8 Å². The summed E-state index contributed by atoms with van der Waals surface area (Å²) in [7, 11) is 0. The zero-order valence-corrected chi connectivity index (χ0v) is 10.2. The molecule has 1 aromatic carbocycles. The maximum Gasteiger partial charge on any atom is 0.573 e. The first-order valence-electron chi connectivity index (χ1n) is 4.43. The van der Waals surface area contributed by atoms with Gasteiger partial charge in [0.1, 0.15) is 5.75 Å². The van der Waals surface area contributed by atoms with Crippen LogP contribution in [0.3, 0.4) is 0 Å². The molecule has 0 aliphatic carbocycles. The summed E-state index contributed by atoms with van der Waals surface area (Å²) in [5, 5.41) is 17.4. The summed E-state index contributed by atoms with van der Waals surface area (Å²) in [6.45, 7) is 0. The van der Waals surface area contributed by atoms with Crippen molar-refractivity contribution in [3.63, 3.8) is 0 Å². The lowest BCUT2D eigenvalue weighted by Gasteiger charge is -2.14. The molecule has 0 atom stereocenters. The second-order valence-corrected chi connectivity index (χ2v) is 4.08. The predicted octanol–water partition coefficient (Wildman–Crippen LogP) is 2.85. The van der Waals surface area contributed by atoms with Crippen LogP contribution in [-0.4, -0.2) is 17.4 Å². The fourth-order valence-electron chi connectivity index (χ4n) is 1.26. The Kier molecular flexibility index (Phi) is 4.19. The van der Waals surface area contributed by atoms with Gasteiger partial charge in [0.05, 0.1) is 18.1 Å². The van der Waals surface area contributed by atoms with Gasteiger partial charge in [0.2, 0.25) is 0 Å². The molecular formula is C10H5BrF3NO3. The number of carboxylic acid groups (broad SMARTS) is 1. The van der Waals surface area contributed by atoms with Crippen molar-refractivity contribution in [3.05, 3.63) is 27.7 Å². The summed E-state index contributed by atoms with van der Waals surface area (Å²) in [5.41, 5.74) is -0.503. The lowest BCUT2D eigenvalue weighted by molar-refractivity contribution is -0.275. The number of hydrogen-bond acceptors (Lipinski definition) is 3. The van der Waals surface area contributed by atoms with Crippen LogP contribution in [0.2, 0.25) is 0 Å². The summed E-state index contributed by atoms with van der Waals surface area (Å²) in [4.78, 5) is 10.6. The number of rotatable bonds is 3. The van der Waals surface area contributed by atoms with Gasteiger partial charge in [0.15, 0.2) is 0 Å². The minimum atomic E-state index is -4.96. The third-order valence-corrected chi connectivity index (χ3v) is 2.31. The molecule has 0 spiro atoms. The number of aliphatic carboxylic acids is 1. The average molecular weight is 324 g/mol. The second kappa shape index (κ2) is 5.27. The van der Waals surface area contributed by atoms with Crippen molar-refractivity contribution < 1.29 is 27.8 Å². The van der Waals surface area contributed by atoms with Crippen molar-refractivity contribution >= 4 is 21.9 Å². The van der Waals surface area contributed by atoms with E-state index in [0.717, 1.165) is 6.07 Å². The van der Waals surface area contributed by atoms with E-state index >= 15 is 0 Å². The smallest absolute Gasteiger partial charge is 0.481 e. The second-order valence-electron chi connectivity index (χ2n) is 3.16. The van der Waals surface area contributed by atoms with Gasteiger partial charge in [0.25, 0.3) is 0 Å². The van der Waals surface area contributed by atoms with Crippen LogP contribution in [0.15, 0.2) is 16.6 Å². The van der Waals surface area contributed by atoms with Crippen LogP contribution in [0.5, 0.6) is 5.75 Å². The quantitative estimate of drug-likeness (QED) is 0.928. The molecule has 0 amide bonds.